The van der Waals surface area contributed by atoms with Crippen molar-refractivity contribution in [1.29, 1.82) is 0 Å². The highest BCUT2D eigenvalue weighted by Gasteiger charge is 2.08. The van der Waals surface area contributed by atoms with Crippen LogP contribution in [0, 0.1) is 6.92 Å². The maximum absolute atomic E-state index is 5.82. The standard InChI is InChI=1S/C16H20N4S.HI/c1-11(2)9-18-16(17)19-10-14-12(3)20-15(21-14)13-7-5-4-6-8-13;/h4-8H,1,9-10H2,2-3H3,(H3,17,18,19);1H. The van der Waals surface area contributed by atoms with Gasteiger partial charge in [-0.25, -0.2) is 9.98 Å². The summed E-state index contributed by atoms with van der Waals surface area (Å²) in [6, 6.07) is 10.2. The molecule has 0 spiro atoms. The van der Waals surface area contributed by atoms with Gasteiger partial charge < -0.3 is 11.1 Å². The van der Waals surface area contributed by atoms with E-state index in [9.17, 15) is 0 Å². The summed E-state index contributed by atoms with van der Waals surface area (Å²) in [7, 11) is 0. The second kappa shape index (κ2) is 8.89. The molecule has 118 valence electrons. The summed E-state index contributed by atoms with van der Waals surface area (Å²) in [5.41, 5.74) is 8.98. The molecule has 0 saturated carbocycles. The molecule has 1 aromatic heterocycles. The molecule has 0 aliphatic rings. The predicted octanol–water partition coefficient (Wildman–Crippen LogP) is 3.72. The topological polar surface area (TPSA) is 63.3 Å². The van der Waals surface area contributed by atoms with E-state index in [0.29, 0.717) is 19.0 Å². The van der Waals surface area contributed by atoms with Gasteiger partial charge in [0.15, 0.2) is 5.96 Å². The van der Waals surface area contributed by atoms with E-state index in [2.05, 4.69) is 34.0 Å². The molecule has 0 aliphatic carbocycles. The minimum Gasteiger partial charge on any atom is -0.370 e. The number of nitrogens with two attached hydrogens (primary N) is 1. The molecule has 0 bridgehead atoms. The zero-order valence-electron chi connectivity index (χ0n) is 12.8. The number of nitrogens with zero attached hydrogens (tertiary/aromatic N) is 2. The SMILES string of the molecule is C=C(C)CNC(N)=NCc1sc(-c2ccccc2)nc1C.I. The van der Waals surface area contributed by atoms with Crippen molar-refractivity contribution >= 4 is 41.3 Å². The molecule has 0 radical (unpaired) electrons. The lowest BCUT2D eigenvalue weighted by atomic mass is 10.2. The molecule has 2 aromatic rings. The van der Waals surface area contributed by atoms with Gasteiger partial charge in [0.1, 0.15) is 5.01 Å². The third kappa shape index (κ3) is 5.42. The minimum atomic E-state index is 0. The number of benzene rings is 1. The smallest absolute Gasteiger partial charge is 0.189 e. The summed E-state index contributed by atoms with van der Waals surface area (Å²) >= 11 is 1.66. The van der Waals surface area contributed by atoms with E-state index in [1.165, 1.54) is 0 Å². The fraction of sp³-hybridized carbons (Fsp3) is 0.250. The Labute approximate surface area is 152 Å². The van der Waals surface area contributed by atoms with E-state index in [1.807, 2.05) is 32.0 Å². The predicted molar refractivity (Wildman–Crippen MR) is 106 cm³/mol. The van der Waals surface area contributed by atoms with Crippen LogP contribution in [0.4, 0.5) is 0 Å². The Morgan fingerprint density at radius 3 is 2.68 bits per heavy atom. The third-order valence-corrected chi connectivity index (χ3v) is 4.07. The Bertz CT molecular complexity index is 649. The van der Waals surface area contributed by atoms with Crippen molar-refractivity contribution in [3.63, 3.8) is 0 Å². The summed E-state index contributed by atoms with van der Waals surface area (Å²) < 4.78 is 0. The lowest BCUT2D eigenvalue weighted by Gasteiger charge is -2.04. The van der Waals surface area contributed by atoms with Crippen LogP contribution in [0.2, 0.25) is 0 Å². The average Bonchev–Trinajstić information content (AvgIpc) is 2.85. The first-order chi connectivity index (χ1) is 10.1. The van der Waals surface area contributed by atoms with Gasteiger partial charge in [0.05, 0.1) is 12.2 Å². The zero-order valence-corrected chi connectivity index (χ0v) is 15.9. The van der Waals surface area contributed by atoms with E-state index in [-0.39, 0.29) is 24.0 Å². The monoisotopic (exact) mass is 428 g/mol. The molecule has 0 atom stereocenters. The number of hydrogen-bond donors (Lipinski definition) is 2. The molecule has 2 rings (SSSR count). The fourth-order valence-corrected chi connectivity index (χ4v) is 2.73. The molecule has 0 unspecified atom stereocenters. The van der Waals surface area contributed by atoms with E-state index in [0.717, 1.165) is 26.7 Å². The first-order valence-corrected chi connectivity index (χ1v) is 7.58. The molecule has 1 aromatic carbocycles. The highest BCUT2D eigenvalue weighted by atomic mass is 127. The molecule has 0 fully saturated rings. The molecule has 4 nitrogen and oxygen atoms in total. The first kappa shape index (κ1) is 18.6. The number of nitrogens with one attached hydrogen (secondary N) is 1. The van der Waals surface area contributed by atoms with Crippen LogP contribution >= 0.6 is 35.3 Å². The lowest BCUT2D eigenvalue weighted by molar-refractivity contribution is 0.941. The van der Waals surface area contributed by atoms with E-state index < -0.39 is 0 Å². The Balaban J connectivity index is 0.00000242. The Morgan fingerprint density at radius 2 is 2.05 bits per heavy atom. The summed E-state index contributed by atoms with van der Waals surface area (Å²) in [5, 5.41) is 4.04. The van der Waals surface area contributed by atoms with Crippen LogP contribution in [-0.4, -0.2) is 17.5 Å². The van der Waals surface area contributed by atoms with E-state index in [1.54, 1.807) is 11.3 Å². The van der Waals surface area contributed by atoms with Crippen molar-refractivity contribution in [3.8, 4) is 10.6 Å². The molecule has 6 heteroatoms. The third-order valence-electron chi connectivity index (χ3n) is 2.88. The Kier molecular flexibility index (Phi) is 7.53. The van der Waals surface area contributed by atoms with Crippen LogP contribution in [0.1, 0.15) is 17.5 Å². The zero-order chi connectivity index (χ0) is 15.2. The Morgan fingerprint density at radius 1 is 1.36 bits per heavy atom. The number of thiazole rings is 1. The molecule has 0 aliphatic heterocycles. The first-order valence-electron chi connectivity index (χ1n) is 6.76. The van der Waals surface area contributed by atoms with Crippen LogP contribution < -0.4 is 11.1 Å². The number of hydrogen-bond acceptors (Lipinski definition) is 3. The number of aromatic nitrogens is 1. The van der Waals surface area contributed by atoms with Gasteiger partial charge in [-0.3, -0.25) is 0 Å². The maximum Gasteiger partial charge on any atom is 0.189 e. The lowest BCUT2D eigenvalue weighted by Crippen LogP contribution is -2.32. The molecular weight excluding hydrogens is 407 g/mol. The van der Waals surface area contributed by atoms with Crippen LogP contribution in [0.25, 0.3) is 10.6 Å². The molecule has 0 saturated heterocycles. The molecule has 3 N–H and O–H groups in total. The highest BCUT2D eigenvalue weighted by Crippen LogP contribution is 2.28. The molecule has 0 amide bonds. The van der Waals surface area contributed by atoms with Gasteiger partial charge in [-0.05, 0) is 13.8 Å². The number of guanidine groups is 1. The highest BCUT2D eigenvalue weighted by molar-refractivity contribution is 14.0. The van der Waals surface area contributed by atoms with Crippen molar-refractivity contribution in [2.75, 3.05) is 6.54 Å². The van der Waals surface area contributed by atoms with Gasteiger partial charge >= 0.3 is 0 Å². The van der Waals surface area contributed by atoms with Crippen molar-refractivity contribution < 1.29 is 0 Å². The van der Waals surface area contributed by atoms with Crippen molar-refractivity contribution in [3.05, 3.63) is 53.1 Å². The van der Waals surface area contributed by atoms with Gasteiger partial charge in [0.2, 0.25) is 0 Å². The quantitative estimate of drug-likeness (QED) is 0.330. The summed E-state index contributed by atoms with van der Waals surface area (Å²) in [5.74, 6) is 0.437. The summed E-state index contributed by atoms with van der Waals surface area (Å²) in [6.07, 6.45) is 0. The van der Waals surface area contributed by atoms with E-state index >= 15 is 0 Å². The second-order valence-corrected chi connectivity index (χ2v) is 5.99. The van der Waals surface area contributed by atoms with Gasteiger partial charge in [0, 0.05) is 17.0 Å². The van der Waals surface area contributed by atoms with Gasteiger partial charge in [0.25, 0.3) is 0 Å². The van der Waals surface area contributed by atoms with Crippen molar-refractivity contribution in [2.24, 2.45) is 10.7 Å². The summed E-state index contributed by atoms with van der Waals surface area (Å²) in [6.45, 7) is 8.96. The average molecular weight is 428 g/mol. The van der Waals surface area contributed by atoms with Crippen LogP contribution in [0.15, 0.2) is 47.5 Å². The second-order valence-electron chi connectivity index (χ2n) is 4.91. The van der Waals surface area contributed by atoms with Crippen molar-refractivity contribution in [1.82, 2.24) is 10.3 Å². The van der Waals surface area contributed by atoms with Crippen LogP contribution in [0.5, 0.6) is 0 Å². The number of halogens is 1. The molecule has 22 heavy (non-hydrogen) atoms. The van der Waals surface area contributed by atoms with Crippen molar-refractivity contribution in [2.45, 2.75) is 20.4 Å². The van der Waals surface area contributed by atoms with Gasteiger partial charge in [-0.2, -0.15) is 0 Å². The van der Waals surface area contributed by atoms with Crippen LogP contribution in [-0.2, 0) is 6.54 Å². The normalized spacial score (nSPS) is 10.9. The minimum absolute atomic E-state index is 0. The molecular formula is C16H21IN4S. The van der Waals surface area contributed by atoms with E-state index in [4.69, 9.17) is 5.73 Å². The van der Waals surface area contributed by atoms with Gasteiger partial charge in [-0.1, -0.05) is 42.5 Å². The number of aryl methyl sites for hydroxylation is 1. The fourth-order valence-electron chi connectivity index (χ4n) is 1.73. The summed E-state index contributed by atoms with van der Waals surface area (Å²) in [4.78, 5) is 10.1. The Hall–Kier alpha value is -1.41. The van der Waals surface area contributed by atoms with Crippen LogP contribution in [0.3, 0.4) is 0 Å². The maximum atomic E-state index is 5.82. The van der Waals surface area contributed by atoms with Gasteiger partial charge in [-0.15, -0.1) is 35.3 Å². The number of rotatable bonds is 5. The molecule has 1 heterocycles. The number of aliphatic imine (C=N–C) groups is 1. The largest absolute Gasteiger partial charge is 0.370 e.